The summed E-state index contributed by atoms with van der Waals surface area (Å²) in [5.74, 6) is -0.0870. The second kappa shape index (κ2) is 6.79. The average Bonchev–Trinajstić information content (AvgIpc) is 3.17. The number of likely N-dealkylation sites (tertiary alicyclic amines) is 1. The van der Waals surface area contributed by atoms with Gasteiger partial charge in [0.2, 0.25) is 0 Å². The van der Waals surface area contributed by atoms with Gasteiger partial charge in [-0.2, -0.15) is 0 Å². The van der Waals surface area contributed by atoms with E-state index in [9.17, 15) is 4.79 Å². The molecule has 5 nitrogen and oxygen atoms in total. The van der Waals surface area contributed by atoms with Crippen LogP contribution < -0.4 is 5.32 Å². The SMILES string of the molecule is Cc1ccc([C@@H](C)NC(=O)N2CCC(C3(C)OCCO3)CC2)s1. The Kier molecular flexibility index (Phi) is 4.94. The molecule has 0 unspecified atom stereocenters. The van der Waals surface area contributed by atoms with Gasteiger partial charge in [-0.15, -0.1) is 11.3 Å². The summed E-state index contributed by atoms with van der Waals surface area (Å²) in [6.07, 6.45) is 1.85. The maximum absolute atomic E-state index is 12.5. The van der Waals surface area contributed by atoms with E-state index in [1.54, 1.807) is 11.3 Å². The van der Waals surface area contributed by atoms with Crippen LogP contribution in [0.25, 0.3) is 0 Å². The minimum Gasteiger partial charge on any atom is -0.348 e. The predicted molar refractivity (Wildman–Crippen MR) is 90.6 cm³/mol. The maximum Gasteiger partial charge on any atom is 0.317 e. The van der Waals surface area contributed by atoms with Gasteiger partial charge in [0.05, 0.1) is 19.3 Å². The van der Waals surface area contributed by atoms with Crippen molar-refractivity contribution in [3.63, 3.8) is 0 Å². The van der Waals surface area contributed by atoms with Crippen molar-refractivity contribution in [1.29, 1.82) is 0 Å². The summed E-state index contributed by atoms with van der Waals surface area (Å²) in [4.78, 5) is 16.8. The molecule has 2 aliphatic rings. The van der Waals surface area contributed by atoms with Crippen LogP contribution in [-0.4, -0.2) is 43.0 Å². The Labute approximate surface area is 142 Å². The molecular weight excluding hydrogens is 312 g/mol. The molecule has 0 aromatic carbocycles. The fourth-order valence-corrected chi connectivity index (χ4v) is 4.29. The number of amides is 2. The molecule has 2 fully saturated rings. The quantitative estimate of drug-likeness (QED) is 0.920. The fraction of sp³-hybridized carbons (Fsp3) is 0.706. The van der Waals surface area contributed by atoms with Gasteiger partial charge in [-0.1, -0.05) is 0 Å². The Morgan fingerprint density at radius 1 is 1.35 bits per heavy atom. The first-order chi connectivity index (χ1) is 11.0. The first-order valence-corrected chi connectivity index (χ1v) is 9.19. The van der Waals surface area contributed by atoms with Crippen LogP contribution in [0.4, 0.5) is 4.79 Å². The molecule has 2 saturated heterocycles. The highest BCUT2D eigenvalue weighted by Gasteiger charge is 2.41. The van der Waals surface area contributed by atoms with Crippen LogP contribution in [0.3, 0.4) is 0 Å². The summed E-state index contributed by atoms with van der Waals surface area (Å²) < 4.78 is 11.5. The third-order valence-electron chi connectivity index (χ3n) is 4.91. The number of nitrogens with zero attached hydrogens (tertiary/aromatic N) is 1. The summed E-state index contributed by atoms with van der Waals surface area (Å²) in [6, 6.07) is 4.27. The lowest BCUT2D eigenvalue weighted by molar-refractivity contribution is -0.189. The molecule has 2 aliphatic heterocycles. The number of piperidine rings is 1. The van der Waals surface area contributed by atoms with E-state index in [1.165, 1.54) is 9.75 Å². The number of rotatable bonds is 3. The van der Waals surface area contributed by atoms with Gasteiger partial charge in [-0.05, 0) is 45.7 Å². The lowest BCUT2D eigenvalue weighted by Crippen LogP contribution is -2.49. The van der Waals surface area contributed by atoms with Crippen molar-refractivity contribution in [2.75, 3.05) is 26.3 Å². The van der Waals surface area contributed by atoms with Gasteiger partial charge in [0.1, 0.15) is 0 Å². The van der Waals surface area contributed by atoms with E-state index in [-0.39, 0.29) is 12.1 Å². The molecule has 0 spiro atoms. The predicted octanol–water partition coefficient (Wildman–Crippen LogP) is 3.30. The van der Waals surface area contributed by atoms with E-state index in [2.05, 4.69) is 24.4 Å². The number of hydrogen-bond acceptors (Lipinski definition) is 4. The van der Waals surface area contributed by atoms with Gasteiger partial charge in [-0.3, -0.25) is 0 Å². The molecule has 1 atom stereocenters. The van der Waals surface area contributed by atoms with Crippen molar-refractivity contribution >= 4 is 17.4 Å². The molecule has 0 radical (unpaired) electrons. The monoisotopic (exact) mass is 338 g/mol. The molecule has 1 aromatic heterocycles. The third-order valence-corrected chi connectivity index (χ3v) is 6.10. The molecule has 3 rings (SSSR count). The van der Waals surface area contributed by atoms with Gasteiger partial charge in [0, 0.05) is 28.8 Å². The Morgan fingerprint density at radius 2 is 2.00 bits per heavy atom. The van der Waals surface area contributed by atoms with Crippen molar-refractivity contribution < 1.29 is 14.3 Å². The van der Waals surface area contributed by atoms with Crippen molar-refractivity contribution in [3.05, 3.63) is 21.9 Å². The molecule has 1 N–H and O–H groups in total. The van der Waals surface area contributed by atoms with E-state index in [0.29, 0.717) is 19.1 Å². The molecular formula is C17H26N2O3S. The van der Waals surface area contributed by atoms with E-state index in [4.69, 9.17) is 9.47 Å². The zero-order chi connectivity index (χ0) is 16.4. The lowest BCUT2D eigenvalue weighted by Gasteiger charge is -2.39. The van der Waals surface area contributed by atoms with Crippen LogP contribution in [-0.2, 0) is 9.47 Å². The summed E-state index contributed by atoms with van der Waals surface area (Å²) in [7, 11) is 0. The standard InChI is InChI=1S/C17H26N2O3S/c1-12-4-5-15(23-12)13(2)18-16(20)19-8-6-14(7-9-19)17(3)21-10-11-22-17/h4-5,13-14H,6-11H2,1-3H3,(H,18,20)/t13-/m1/s1. The minimum absolute atomic E-state index is 0.0282. The zero-order valence-corrected chi connectivity index (χ0v) is 14.9. The number of carbonyl (C=O) groups excluding carboxylic acids is 1. The highest BCUT2D eigenvalue weighted by Crippen LogP contribution is 2.35. The van der Waals surface area contributed by atoms with Crippen LogP contribution >= 0.6 is 11.3 Å². The number of urea groups is 1. The normalized spacial score (nSPS) is 23.0. The van der Waals surface area contributed by atoms with Crippen molar-refractivity contribution in [1.82, 2.24) is 10.2 Å². The number of nitrogens with one attached hydrogen (secondary N) is 1. The van der Waals surface area contributed by atoms with Gasteiger partial charge in [0.15, 0.2) is 5.79 Å². The number of carbonyl (C=O) groups is 1. The Hall–Kier alpha value is -1.11. The van der Waals surface area contributed by atoms with Gasteiger partial charge in [0.25, 0.3) is 0 Å². The fourth-order valence-electron chi connectivity index (χ4n) is 3.41. The van der Waals surface area contributed by atoms with Crippen LogP contribution in [0, 0.1) is 12.8 Å². The van der Waals surface area contributed by atoms with Gasteiger partial charge < -0.3 is 19.7 Å². The topological polar surface area (TPSA) is 50.8 Å². The van der Waals surface area contributed by atoms with Gasteiger partial charge >= 0.3 is 6.03 Å². The summed E-state index contributed by atoms with van der Waals surface area (Å²) in [6.45, 7) is 9.02. The molecule has 2 amide bonds. The Bertz CT molecular complexity index is 546. The summed E-state index contributed by atoms with van der Waals surface area (Å²) in [5, 5.41) is 3.11. The molecule has 0 saturated carbocycles. The first kappa shape index (κ1) is 16.7. The van der Waals surface area contributed by atoms with Crippen molar-refractivity contribution in [2.24, 2.45) is 5.92 Å². The number of ether oxygens (including phenoxy) is 2. The Morgan fingerprint density at radius 3 is 2.57 bits per heavy atom. The number of aryl methyl sites for hydroxylation is 1. The summed E-state index contributed by atoms with van der Waals surface area (Å²) >= 11 is 1.73. The molecule has 23 heavy (non-hydrogen) atoms. The van der Waals surface area contributed by atoms with Crippen molar-refractivity contribution in [2.45, 2.75) is 45.4 Å². The molecule has 1 aromatic rings. The minimum atomic E-state index is -0.454. The lowest BCUT2D eigenvalue weighted by atomic mass is 9.89. The molecule has 0 bridgehead atoms. The largest absolute Gasteiger partial charge is 0.348 e. The van der Waals surface area contributed by atoms with Crippen LogP contribution in [0.2, 0.25) is 0 Å². The molecule has 128 valence electrons. The third kappa shape index (κ3) is 3.70. The maximum atomic E-state index is 12.5. The number of hydrogen-bond donors (Lipinski definition) is 1. The highest BCUT2D eigenvalue weighted by atomic mass is 32.1. The smallest absolute Gasteiger partial charge is 0.317 e. The second-order valence-corrected chi connectivity index (χ2v) is 7.91. The van der Waals surface area contributed by atoms with E-state index in [1.807, 2.05) is 18.7 Å². The second-order valence-electron chi connectivity index (χ2n) is 6.59. The van der Waals surface area contributed by atoms with E-state index >= 15 is 0 Å². The van der Waals surface area contributed by atoms with Crippen LogP contribution in [0.1, 0.15) is 42.5 Å². The first-order valence-electron chi connectivity index (χ1n) is 8.37. The van der Waals surface area contributed by atoms with Gasteiger partial charge in [-0.25, -0.2) is 4.79 Å². The average molecular weight is 338 g/mol. The summed E-state index contributed by atoms with van der Waals surface area (Å²) in [5.41, 5.74) is 0. The zero-order valence-electron chi connectivity index (χ0n) is 14.1. The van der Waals surface area contributed by atoms with E-state index < -0.39 is 5.79 Å². The van der Waals surface area contributed by atoms with Crippen LogP contribution in [0.5, 0.6) is 0 Å². The van der Waals surface area contributed by atoms with Crippen molar-refractivity contribution in [3.8, 4) is 0 Å². The number of thiophene rings is 1. The van der Waals surface area contributed by atoms with Crippen LogP contribution in [0.15, 0.2) is 12.1 Å². The molecule has 6 heteroatoms. The molecule has 0 aliphatic carbocycles. The Balaban J connectivity index is 1.50. The van der Waals surface area contributed by atoms with E-state index in [0.717, 1.165) is 25.9 Å². The molecule has 3 heterocycles. The highest BCUT2D eigenvalue weighted by molar-refractivity contribution is 7.12.